The highest BCUT2D eigenvalue weighted by Gasteiger charge is 2.26. The lowest BCUT2D eigenvalue weighted by Crippen LogP contribution is -2.36. The Labute approximate surface area is 87.8 Å². The molecule has 0 aromatic heterocycles. The summed E-state index contributed by atoms with van der Waals surface area (Å²) in [6.07, 6.45) is 3.72. The minimum Gasteiger partial charge on any atom is -0.480 e. The number of hydrogen-bond donors (Lipinski definition) is 2. The van der Waals surface area contributed by atoms with Crippen LogP contribution in [0.3, 0.4) is 0 Å². The zero-order valence-corrected chi connectivity index (χ0v) is 8.44. The summed E-state index contributed by atoms with van der Waals surface area (Å²) in [5, 5.41) is 10.9. The highest BCUT2D eigenvalue weighted by molar-refractivity contribution is 5.83. The molecule has 1 saturated carbocycles. The van der Waals surface area contributed by atoms with Crippen LogP contribution < -0.4 is 5.32 Å². The van der Waals surface area contributed by atoms with Gasteiger partial charge in [0.1, 0.15) is 11.8 Å². The van der Waals surface area contributed by atoms with E-state index in [1.165, 1.54) is 0 Å². The molecule has 0 bridgehead atoms. The van der Waals surface area contributed by atoms with Crippen LogP contribution in [0.1, 0.15) is 32.1 Å². The first-order valence-electron chi connectivity index (χ1n) is 5.10. The summed E-state index contributed by atoms with van der Waals surface area (Å²) in [6, 6.07) is -0.938. The van der Waals surface area contributed by atoms with Gasteiger partial charge in [-0.05, 0) is 19.3 Å². The summed E-state index contributed by atoms with van der Waals surface area (Å²) in [6.45, 7) is 0. The average molecular weight is 213 g/mol. The van der Waals surface area contributed by atoms with Crippen molar-refractivity contribution in [3.63, 3.8) is 0 Å². The molecule has 5 heteroatoms. The van der Waals surface area contributed by atoms with Crippen molar-refractivity contribution >= 4 is 18.2 Å². The SMILES string of the molecule is O=CNC(CCC(=O)C1CCC1)C(=O)O. The lowest BCUT2D eigenvalue weighted by molar-refractivity contribution is -0.141. The van der Waals surface area contributed by atoms with E-state index in [4.69, 9.17) is 5.11 Å². The van der Waals surface area contributed by atoms with Crippen molar-refractivity contribution in [1.82, 2.24) is 5.32 Å². The maximum atomic E-state index is 11.4. The fourth-order valence-corrected chi connectivity index (χ4v) is 1.58. The molecule has 1 fully saturated rings. The number of carboxylic acids is 1. The summed E-state index contributed by atoms with van der Waals surface area (Å²) in [7, 11) is 0. The third kappa shape index (κ3) is 3.34. The largest absolute Gasteiger partial charge is 0.480 e. The molecule has 15 heavy (non-hydrogen) atoms. The lowest BCUT2D eigenvalue weighted by Gasteiger charge is -2.24. The van der Waals surface area contributed by atoms with Crippen LogP contribution in [-0.2, 0) is 14.4 Å². The Balaban J connectivity index is 2.28. The number of hydrogen-bond acceptors (Lipinski definition) is 3. The molecule has 0 radical (unpaired) electrons. The summed E-state index contributed by atoms with van der Waals surface area (Å²) in [5.74, 6) is -0.834. The van der Waals surface area contributed by atoms with Crippen molar-refractivity contribution in [1.29, 1.82) is 0 Å². The highest BCUT2D eigenvalue weighted by atomic mass is 16.4. The van der Waals surface area contributed by atoms with Gasteiger partial charge in [0, 0.05) is 12.3 Å². The van der Waals surface area contributed by atoms with Crippen LogP contribution in [0.5, 0.6) is 0 Å². The molecule has 1 aliphatic carbocycles. The minimum atomic E-state index is -1.09. The van der Waals surface area contributed by atoms with Crippen LogP contribution in [0.4, 0.5) is 0 Å². The molecule has 84 valence electrons. The first-order valence-corrected chi connectivity index (χ1v) is 5.10. The van der Waals surface area contributed by atoms with E-state index >= 15 is 0 Å². The summed E-state index contributed by atoms with van der Waals surface area (Å²) in [5.41, 5.74) is 0. The van der Waals surface area contributed by atoms with Gasteiger partial charge >= 0.3 is 5.97 Å². The smallest absolute Gasteiger partial charge is 0.326 e. The Morgan fingerprint density at radius 3 is 2.53 bits per heavy atom. The average Bonchev–Trinajstić information content (AvgIpc) is 2.08. The van der Waals surface area contributed by atoms with Crippen LogP contribution in [-0.4, -0.2) is 29.3 Å². The second kappa shape index (κ2) is 5.48. The Morgan fingerprint density at radius 2 is 2.13 bits per heavy atom. The second-order valence-corrected chi connectivity index (χ2v) is 3.81. The summed E-state index contributed by atoms with van der Waals surface area (Å²) >= 11 is 0. The quantitative estimate of drug-likeness (QED) is 0.597. The molecule has 1 atom stereocenters. The first-order chi connectivity index (χ1) is 7.15. The van der Waals surface area contributed by atoms with Gasteiger partial charge in [-0.15, -0.1) is 0 Å². The molecule has 1 amide bonds. The fraction of sp³-hybridized carbons (Fsp3) is 0.700. The van der Waals surface area contributed by atoms with Crippen molar-refractivity contribution in [3.05, 3.63) is 0 Å². The Bertz CT molecular complexity index is 260. The Kier molecular flexibility index (Phi) is 4.27. The van der Waals surface area contributed by atoms with E-state index < -0.39 is 12.0 Å². The molecule has 0 aromatic carbocycles. The van der Waals surface area contributed by atoms with Crippen molar-refractivity contribution in [2.45, 2.75) is 38.1 Å². The number of rotatable bonds is 7. The molecule has 0 aliphatic heterocycles. The molecule has 1 aliphatic rings. The molecule has 1 unspecified atom stereocenters. The highest BCUT2D eigenvalue weighted by Crippen LogP contribution is 2.28. The van der Waals surface area contributed by atoms with Crippen LogP contribution >= 0.6 is 0 Å². The maximum Gasteiger partial charge on any atom is 0.326 e. The van der Waals surface area contributed by atoms with Gasteiger partial charge in [0.15, 0.2) is 0 Å². The van der Waals surface area contributed by atoms with Gasteiger partial charge in [-0.25, -0.2) is 4.79 Å². The molecule has 2 N–H and O–H groups in total. The van der Waals surface area contributed by atoms with Crippen LogP contribution in [0.2, 0.25) is 0 Å². The van der Waals surface area contributed by atoms with E-state index in [-0.39, 0.29) is 24.5 Å². The number of carbonyl (C=O) groups excluding carboxylic acids is 2. The number of carbonyl (C=O) groups is 3. The molecule has 1 rings (SSSR count). The predicted octanol–water partition coefficient (Wildman–Crippen LogP) is 0.335. The molecule has 0 saturated heterocycles. The van der Waals surface area contributed by atoms with Gasteiger partial charge in [0.25, 0.3) is 0 Å². The predicted molar refractivity (Wildman–Crippen MR) is 52.2 cm³/mol. The van der Waals surface area contributed by atoms with Crippen molar-refractivity contribution in [3.8, 4) is 0 Å². The van der Waals surface area contributed by atoms with Gasteiger partial charge in [-0.2, -0.15) is 0 Å². The number of amides is 1. The summed E-state index contributed by atoms with van der Waals surface area (Å²) < 4.78 is 0. The standard InChI is InChI=1S/C10H15NO4/c12-6-11-8(10(14)15)4-5-9(13)7-2-1-3-7/h6-8H,1-5H2,(H,11,12)(H,14,15). The van der Waals surface area contributed by atoms with Crippen LogP contribution in [0.25, 0.3) is 0 Å². The molecular weight excluding hydrogens is 198 g/mol. The molecule has 0 aromatic rings. The number of aliphatic carboxylic acids is 1. The fourth-order valence-electron chi connectivity index (χ4n) is 1.58. The van der Waals surface area contributed by atoms with E-state index in [9.17, 15) is 14.4 Å². The van der Waals surface area contributed by atoms with Crippen molar-refractivity contribution in [2.75, 3.05) is 0 Å². The van der Waals surface area contributed by atoms with Gasteiger partial charge in [0.2, 0.25) is 6.41 Å². The van der Waals surface area contributed by atoms with E-state index in [2.05, 4.69) is 5.32 Å². The number of Topliss-reactive ketones (excluding diaryl/α,β-unsaturated/α-hetero) is 1. The Morgan fingerprint density at radius 1 is 1.47 bits per heavy atom. The van der Waals surface area contributed by atoms with E-state index in [1.54, 1.807) is 0 Å². The van der Waals surface area contributed by atoms with Gasteiger partial charge < -0.3 is 10.4 Å². The molecule has 0 spiro atoms. The second-order valence-electron chi connectivity index (χ2n) is 3.81. The van der Waals surface area contributed by atoms with E-state index in [1.807, 2.05) is 0 Å². The third-order valence-electron chi connectivity index (χ3n) is 2.81. The van der Waals surface area contributed by atoms with E-state index in [0.717, 1.165) is 19.3 Å². The monoisotopic (exact) mass is 213 g/mol. The van der Waals surface area contributed by atoms with Crippen molar-refractivity contribution < 1.29 is 19.5 Å². The topological polar surface area (TPSA) is 83.5 Å². The number of carboxylic acid groups (broad SMARTS) is 1. The van der Waals surface area contributed by atoms with Crippen LogP contribution in [0.15, 0.2) is 0 Å². The van der Waals surface area contributed by atoms with Gasteiger partial charge in [0.05, 0.1) is 0 Å². The van der Waals surface area contributed by atoms with Crippen molar-refractivity contribution in [2.24, 2.45) is 5.92 Å². The number of ketones is 1. The maximum absolute atomic E-state index is 11.4. The molecule has 0 heterocycles. The lowest BCUT2D eigenvalue weighted by atomic mass is 9.80. The molecular formula is C10H15NO4. The normalized spacial score (nSPS) is 17.6. The summed E-state index contributed by atoms with van der Waals surface area (Å²) in [4.78, 5) is 32.2. The Hall–Kier alpha value is -1.39. The third-order valence-corrected chi connectivity index (χ3v) is 2.81. The van der Waals surface area contributed by atoms with Crippen LogP contribution in [0, 0.1) is 5.92 Å². The first kappa shape index (κ1) is 11.7. The number of nitrogens with one attached hydrogen (secondary N) is 1. The zero-order valence-electron chi connectivity index (χ0n) is 8.44. The van der Waals surface area contributed by atoms with Gasteiger partial charge in [-0.3, -0.25) is 9.59 Å². The van der Waals surface area contributed by atoms with Gasteiger partial charge in [-0.1, -0.05) is 6.42 Å². The zero-order chi connectivity index (χ0) is 11.3. The molecule has 5 nitrogen and oxygen atoms in total. The van der Waals surface area contributed by atoms with E-state index in [0.29, 0.717) is 6.41 Å². The minimum absolute atomic E-state index is 0.125.